The molecule has 0 aromatic carbocycles. The summed E-state index contributed by atoms with van der Waals surface area (Å²) in [6.07, 6.45) is 0.672. The van der Waals surface area contributed by atoms with E-state index in [1.807, 2.05) is 20.8 Å². The minimum absolute atomic E-state index is 0.163. The molecule has 0 saturated carbocycles. The standard InChI is InChI=1S/C11H21NO3/c1-4-15-11(14)8(2)12-6-5-10(7-12)9(3)13/h8-10,13H,4-7H2,1-3H3. The van der Waals surface area contributed by atoms with Crippen molar-refractivity contribution in [3.05, 3.63) is 0 Å². The highest BCUT2D eigenvalue weighted by molar-refractivity contribution is 5.75. The Morgan fingerprint density at radius 1 is 1.60 bits per heavy atom. The molecule has 3 atom stereocenters. The van der Waals surface area contributed by atoms with Crippen LogP contribution in [0.4, 0.5) is 0 Å². The zero-order chi connectivity index (χ0) is 11.4. The van der Waals surface area contributed by atoms with Gasteiger partial charge in [-0.2, -0.15) is 0 Å². The van der Waals surface area contributed by atoms with Crippen LogP contribution in [0.25, 0.3) is 0 Å². The summed E-state index contributed by atoms with van der Waals surface area (Å²) in [7, 11) is 0. The quantitative estimate of drug-likeness (QED) is 0.699. The summed E-state index contributed by atoms with van der Waals surface area (Å²) >= 11 is 0. The maximum absolute atomic E-state index is 11.5. The van der Waals surface area contributed by atoms with Gasteiger partial charge in [-0.15, -0.1) is 0 Å². The molecule has 0 amide bonds. The van der Waals surface area contributed by atoms with Crippen molar-refractivity contribution in [3.8, 4) is 0 Å². The molecule has 4 heteroatoms. The number of rotatable bonds is 4. The summed E-state index contributed by atoms with van der Waals surface area (Å²) in [4.78, 5) is 13.6. The molecule has 1 fully saturated rings. The molecule has 0 radical (unpaired) electrons. The lowest BCUT2D eigenvalue weighted by molar-refractivity contribution is -0.148. The Balaban J connectivity index is 2.42. The van der Waals surface area contributed by atoms with Crippen LogP contribution in [0.3, 0.4) is 0 Å². The lowest BCUT2D eigenvalue weighted by Crippen LogP contribution is -2.39. The molecule has 0 aliphatic carbocycles. The minimum Gasteiger partial charge on any atom is -0.465 e. The summed E-state index contributed by atoms with van der Waals surface area (Å²) in [5, 5.41) is 9.45. The van der Waals surface area contributed by atoms with E-state index in [2.05, 4.69) is 4.90 Å². The number of nitrogens with zero attached hydrogens (tertiary/aromatic N) is 1. The van der Waals surface area contributed by atoms with E-state index >= 15 is 0 Å². The first-order valence-electron chi connectivity index (χ1n) is 5.65. The van der Waals surface area contributed by atoms with Gasteiger partial charge < -0.3 is 9.84 Å². The predicted molar refractivity (Wildman–Crippen MR) is 57.5 cm³/mol. The zero-order valence-electron chi connectivity index (χ0n) is 9.77. The third-order valence-electron chi connectivity index (χ3n) is 3.11. The average molecular weight is 215 g/mol. The Labute approximate surface area is 91.2 Å². The second kappa shape index (κ2) is 5.47. The van der Waals surface area contributed by atoms with Crippen LogP contribution in [0.15, 0.2) is 0 Å². The Bertz CT molecular complexity index is 218. The fraction of sp³-hybridized carbons (Fsp3) is 0.909. The number of carbonyl (C=O) groups excluding carboxylic acids is 1. The number of carbonyl (C=O) groups is 1. The Morgan fingerprint density at radius 3 is 2.73 bits per heavy atom. The molecular formula is C11H21NO3. The molecule has 0 aromatic rings. The summed E-state index contributed by atoms with van der Waals surface area (Å²) in [5.74, 6) is 0.130. The monoisotopic (exact) mass is 215 g/mol. The molecule has 0 bridgehead atoms. The number of hydrogen-bond donors (Lipinski definition) is 1. The first-order valence-corrected chi connectivity index (χ1v) is 5.65. The molecule has 1 aliphatic rings. The van der Waals surface area contributed by atoms with Gasteiger partial charge in [0.1, 0.15) is 6.04 Å². The second-order valence-electron chi connectivity index (χ2n) is 4.21. The smallest absolute Gasteiger partial charge is 0.323 e. The van der Waals surface area contributed by atoms with Gasteiger partial charge in [-0.1, -0.05) is 0 Å². The Morgan fingerprint density at radius 2 is 2.27 bits per heavy atom. The van der Waals surface area contributed by atoms with Gasteiger partial charge in [0.2, 0.25) is 0 Å². The summed E-state index contributed by atoms with van der Waals surface area (Å²) < 4.78 is 4.97. The van der Waals surface area contributed by atoms with Crippen LogP contribution < -0.4 is 0 Å². The Hall–Kier alpha value is -0.610. The molecule has 1 N–H and O–H groups in total. The highest BCUT2D eigenvalue weighted by Gasteiger charge is 2.32. The maximum atomic E-state index is 11.5. The number of aliphatic hydroxyl groups excluding tert-OH is 1. The van der Waals surface area contributed by atoms with Crippen molar-refractivity contribution in [1.29, 1.82) is 0 Å². The summed E-state index contributed by atoms with van der Waals surface area (Å²) in [5.41, 5.74) is 0. The van der Waals surface area contributed by atoms with Crippen molar-refractivity contribution < 1.29 is 14.6 Å². The first-order chi connectivity index (χ1) is 7.06. The third kappa shape index (κ3) is 3.18. The van der Waals surface area contributed by atoms with Gasteiger partial charge in [0.05, 0.1) is 12.7 Å². The molecule has 1 saturated heterocycles. The maximum Gasteiger partial charge on any atom is 0.323 e. The van der Waals surface area contributed by atoms with E-state index in [0.29, 0.717) is 12.5 Å². The van der Waals surface area contributed by atoms with Crippen molar-refractivity contribution in [2.24, 2.45) is 5.92 Å². The molecule has 4 nitrogen and oxygen atoms in total. The van der Waals surface area contributed by atoms with Gasteiger partial charge in [-0.3, -0.25) is 9.69 Å². The number of hydrogen-bond acceptors (Lipinski definition) is 4. The van der Waals surface area contributed by atoms with Crippen LogP contribution in [0.1, 0.15) is 27.2 Å². The predicted octanol–water partition coefficient (Wildman–Crippen LogP) is 0.641. The van der Waals surface area contributed by atoms with Crippen LogP contribution in [-0.2, 0) is 9.53 Å². The van der Waals surface area contributed by atoms with Crippen LogP contribution in [0.2, 0.25) is 0 Å². The molecule has 1 heterocycles. The van der Waals surface area contributed by atoms with E-state index in [9.17, 15) is 9.90 Å². The van der Waals surface area contributed by atoms with E-state index in [0.717, 1.165) is 19.5 Å². The molecule has 88 valence electrons. The van der Waals surface area contributed by atoms with Crippen molar-refractivity contribution in [1.82, 2.24) is 4.90 Å². The largest absolute Gasteiger partial charge is 0.465 e. The molecule has 1 aliphatic heterocycles. The zero-order valence-corrected chi connectivity index (χ0v) is 9.77. The van der Waals surface area contributed by atoms with Crippen LogP contribution in [0, 0.1) is 5.92 Å². The Kier molecular flexibility index (Phi) is 4.54. The first kappa shape index (κ1) is 12.5. The van der Waals surface area contributed by atoms with Gasteiger partial charge >= 0.3 is 5.97 Å². The third-order valence-corrected chi connectivity index (χ3v) is 3.11. The highest BCUT2D eigenvalue weighted by Crippen LogP contribution is 2.21. The van der Waals surface area contributed by atoms with Gasteiger partial charge in [0.15, 0.2) is 0 Å². The summed E-state index contributed by atoms with van der Waals surface area (Å²) in [6.45, 7) is 7.57. The van der Waals surface area contributed by atoms with E-state index in [-0.39, 0.29) is 18.1 Å². The lowest BCUT2D eigenvalue weighted by atomic mass is 10.0. The fourth-order valence-electron chi connectivity index (χ4n) is 1.97. The van der Waals surface area contributed by atoms with Gasteiger partial charge in [0.25, 0.3) is 0 Å². The molecule has 0 spiro atoms. The van der Waals surface area contributed by atoms with E-state index in [1.54, 1.807) is 0 Å². The van der Waals surface area contributed by atoms with Crippen LogP contribution in [0.5, 0.6) is 0 Å². The lowest BCUT2D eigenvalue weighted by Gasteiger charge is -2.22. The SMILES string of the molecule is CCOC(=O)C(C)N1CCC(C(C)O)C1. The van der Waals surface area contributed by atoms with Crippen LogP contribution >= 0.6 is 0 Å². The number of esters is 1. The molecule has 15 heavy (non-hydrogen) atoms. The van der Waals surface area contributed by atoms with Crippen molar-refractivity contribution >= 4 is 5.97 Å². The number of aliphatic hydroxyl groups is 1. The van der Waals surface area contributed by atoms with Crippen molar-refractivity contribution in [2.45, 2.75) is 39.3 Å². The minimum atomic E-state index is -0.288. The topological polar surface area (TPSA) is 49.8 Å². The van der Waals surface area contributed by atoms with Crippen molar-refractivity contribution in [2.75, 3.05) is 19.7 Å². The number of likely N-dealkylation sites (tertiary alicyclic amines) is 1. The van der Waals surface area contributed by atoms with Crippen LogP contribution in [-0.4, -0.2) is 47.8 Å². The molecule has 0 aromatic heterocycles. The van der Waals surface area contributed by atoms with Gasteiger partial charge in [0, 0.05) is 6.54 Å². The van der Waals surface area contributed by atoms with Gasteiger partial charge in [-0.25, -0.2) is 0 Å². The van der Waals surface area contributed by atoms with Gasteiger partial charge in [-0.05, 0) is 39.7 Å². The average Bonchev–Trinajstić information content (AvgIpc) is 2.65. The number of ether oxygens (including phenoxy) is 1. The van der Waals surface area contributed by atoms with E-state index in [4.69, 9.17) is 4.74 Å². The molecule has 3 unspecified atom stereocenters. The van der Waals surface area contributed by atoms with E-state index in [1.165, 1.54) is 0 Å². The second-order valence-corrected chi connectivity index (χ2v) is 4.21. The van der Waals surface area contributed by atoms with E-state index < -0.39 is 0 Å². The highest BCUT2D eigenvalue weighted by atomic mass is 16.5. The molecule has 1 rings (SSSR count). The normalized spacial score (nSPS) is 26.3. The fourth-order valence-corrected chi connectivity index (χ4v) is 1.97. The summed E-state index contributed by atoms with van der Waals surface area (Å²) in [6, 6.07) is -0.186. The molecular weight excluding hydrogens is 194 g/mol. The van der Waals surface area contributed by atoms with Crippen molar-refractivity contribution in [3.63, 3.8) is 0 Å².